The van der Waals surface area contributed by atoms with Crippen molar-refractivity contribution in [2.24, 2.45) is 0 Å². The van der Waals surface area contributed by atoms with Crippen molar-refractivity contribution in [2.45, 2.75) is 6.61 Å². The van der Waals surface area contributed by atoms with E-state index in [1.165, 1.54) is 0 Å². The molecule has 4 aromatic rings. The third-order valence-corrected chi connectivity index (χ3v) is 5.33. The number of nitriles is 1. The van der Waals surface area contributed by atoms with Crippen molar-refractivity contribution >= 4 is 40.0 Å². The first-order chi connectivity index (χ1) is 15.7. The number of anilines is 1. The Bertz CT molecular complexity index is 1340. The lowest BCUT2D eigenvalue weighted by Gasteiger charge is -2.13. The van der Waals surface area contributed by atoms with Crippen molar-refractivity contribution in [3.05, 3.63) is 113 Å². The molecule has 0 fully saturated rings. The molecule has 5 heteroatoms. The zero-order valence-corrected chi connectivity index (χ0v) is 17.8. The van der Waals surface area contributed by atoms with Gasteiger partial charge in [0, 0.05) is 21.8 Å². The summed E-state index contributed by atoms with van der Waals surface area (Å²) in [7, 11) is 0. The maximum absolute atomic E-state index is 12.8. The molecule has 0 atom stereocenters. The van der Waals surface area contributed by atoms with Gasteiger partial charge >= 0.3 is 0 Å². The lowest BCUT2D eigenvalue weighted by atomic mass is 10.0. The van der Waals surface area contributed by atoms with Crippen molar-refractivity contribution in [2.75, 3.05) is 5.32 Å². The van der Waals surface area contributed by atoms with Gasteiger partial charge in [-0.15, -0.1) is 0 Å². The van der Waals surface area contributed by atoms with Crippen LogP contribution in [0.25, 0.3) is 16.8 Å². The molecule has 1 N–H and O–H groups in total. The average Bonchev–Trinajstić information content (AvgIpc) is 2.83. The molecule has 32 heavy (non-hydrogen) atoms. The molecular formula is C27H19ClN2O2. The minimum absolute atomic E-state index is 0.0206. The molecule has 0 spiro atoms. The minimum Gasteiger partial charge on any atom is -0.488 e. The van der Waals surface area contributed by atoms with Crippen molar-refractivity contribution in [1.29, 1.82) is 5.26 Å². The molecule has 1 amide bonds. The summed E-state index contributed by atoms with van der Waals surface area (Å²) in [5, 5.41) is 14.9. The van der Waals surface area contributed by atoms with Crippen LogP contribution in [-0.4, -0.2) is 5.91 Å². The van der Waals surface area contributed by atoms with Crippen LogP contribution in [0.4, 0.5) is 5.69 Å². The van der Waals surface area contributed by atoms with Crippen LogP contribution in [-0.2, 0) is 11.4 Å². The van der Waals surface area contributed by atoms with Crippen molar-refractivity contribution < 1.29 is 9.53 Å². The normalized spacial score (nSPS) is 11.1. The second kappa shape index (κ2) is 9.82. The highest BCUT2D eigenvalue weighted by Crippen LogP contribution is 2.31. The first-order valence-corrected chi connectivity index (χ1v) is 10.4. The van der Waals surface area contributed by atoms with Gasteiger partial charge in [0.2, 0.25) is 0 Å². The SMILES string of the molecule is N#C/C(=C/c1c(OCc2ccccc2Cl)ccc2ccccc12)C(=O)Nc1ccccc1. The topological polar surface area (TPSA) is 62.1 Å². The van der Waals surface area contributed by atoms with Gasteiger partial charge in [-0.05, 0) is 41.1 Å². The molecule has 4 nitrogen and oxygen atoms in total. The van der Waals surface area contributed by atoms with Crippen LogP contribution in [0.15, 0.2) is 96.6 Å². The number of rotatable bonds is 6. The van der Waals surface area contributed by atoms with Crippen LogP contribution in [0.2, 0.25) is 5.02 Å². The fourth-order valence-electron chi connectivity index (χ4n) is 3.33. The Balaban J connectivity index is 1.72. The van der Waals surface area contributed by atoms with Gasteiger partial charge in [0.1, 0.15) is 24.0 Å². The fraction of sp³-hybridized carbons (Fsp3) is 0.0370. The van der Waals surface area contributed by atoms with Crippen LogP contribution in [0.1, 0.15) is 11.1 Å². The Hall–Kier alpha value is -4.07. The summed E-state index contributed by atoms with van der Waals surface area (Å²) in [6, 6.07) is 30.1. The number of fused-ring (bicyclic) bond motifs is 1. The molecule has 0 saturated carbocycles. The number of para-hydroxylation sites is 1. The lowest BCUT2D eigenvalue weighted by molar-refractivity contribution is -0.112. The first kappa shape index (κ1) is 21.2. The maximum Gasteiger partial charge on any atom is 0.266 e. The predicted molar refractivity (Wildman–Crippen MR) is 128 cm³/mol. The summed E-state index contributed by atoms with van der Waals surface area (Å²) < 4.78 is 6.09. The van der Waals surface area contributed by atoms with E-state index in [-0.39, 0.29) is 12.2 Å². The molecule has 4 aromatic carbocycles. The zero-order chi connectivity index (χ0) is 22.3. The van der Waals surface area contributed by atoms with Crippen molar-refractivity contribution in [1.82, 2.24) is 0 Å². The Morgan fingerprint density at radius 1 is 0.938 bits per heavy atom. The van der Waals surface area contributed by atoms with Crippen LogP contribution < -0.4 is 10.1 Å². The lowest BCUT2D eigenvalue weighted by Crippen LogP contribution is -2.13. The molecular weight excluding hydrogens is 420 g/mol. The number of carbonyl (C=O) groups is 1. The molecule has 0 aromatic heterocycles. The monoisotopic (exact) mass is 438 g/mol. The van der Waals surface area contributed by atoms with E-state index < -0.39 is 5.91 Å². The van der Waals surface area contributed by atoms with E-state index in [2.05, 4.69) is 5.32 Å². The summed E-state index contributed by atoms with van der Waals surface area (Å²) in [6.45, 7) is 0.261. The molecule has 0 unspecified atom stereocenters. The van der Waals surface area contributed by atoms with Gasteiger partial charge in [-0.25, -0.2) is 0 Å². The predicted octanol–water partition coefficient (Wildman–Crippen LogP) is 6.62. The third-order valence-electron chi connectivity index (χ3n) is 4.96. The number of hydrogen-bond acceptors (Lipinski definition) is 3. The minimum atomic E-state index is -0.483. The Kier molecular flexibility index (Phi) is 6.50. The van der Waals surface area contributed by atoms with E-state index >= 15 is 0 Å². The number of amides is 1. The van der Waals surface area contributed by atoms with Gasteiger partial charge in [0.05, 0.1) is 0 Å². The number of carbonyl (C=O) groups excluding carboxylic acids is 1. The van der Waals surface area contributed by atoms with E-state index in [9.17, 15) is 10.1 Å². The van der Waals surface area contributed by atoms with E-state index in [0.29, 0.717) is 22.0 Å². The number of hydrogen-bond donors (Lipinski definition) is 1. The molecule has 0 radical (unpaired) electrons. The van der Waals surface area contributed by atoms with E-state index in [1.54, 1.807) is 18.2 Å². The second-order valence-corrected chi connectivity index (χ2v) is 7.48. The average molecular weight is 439 g/mol. The van der Waals surface area contributed by atoms with E-state index in [4.69, 9.17) is 16.3 Å². The van der Waals surface area contributed by atoms with Gasteiger partial charge in [0.15, 0.2) is 0 Å². The van der Waals surface area contributed by atoms with Gasteiger partial charge in [0.25, 0.3) is 5.91 Å². The van der Waals surface area contributed by atoms with Gasteiger partial charge in [-0.2, -0.15) is 5.26 Å². The number of nitrogens with zero attached hydrogens (tertiary/aromatic N) is 1. The molecule has 4 rings (SSSR count). The van der Waals surface area contributed by atoms with Crippen LogP contribution in [0.3, 0.4) is 0 Å². The summed E-state index contributed by atoms with van der Waals surface area (Å²) in [6.07, 6.45) is 1.57. The highest BCUT2D eigenvalue weighted by atomic mass is 35.5. The highest BCUT2D eigenvalue weighted by Gasteiger charge is 2.14. The molecule has 156 valence electrons. The van der Waals surface area contributed by atoms with E-state index in [0.717, 1.165) is 16.3 Å². The molecule has 0 aliphatic carbocycles. The molecule has 0 heterocycles. The Morgan fingerprint density at radius 3 is 2.44 bits per heavy atom. The molecule has 0 aliphatic heterocycles. The number of ether oxygens (including phenoxy) is 1. The quantitative estimate of drug-likeness (QED) is 0.272. The maximum atomic E-state index is 12.8. The fourth-order valence-corrected chi connectivity index (χ4v) is 3.52. The number of benzene rings is 4. The van der Waals surface area contributed by atoms with Gasteiger partial charge in [-0.3, -0.25) is 4.79 Å². The van der Waals surface area contributed by atoms with Gasteiger partial charge in [-0.1, -0.05) is 78.3 Å². The van der Waals surface area contributed by atoms with Crippen molar-refractivity contribution in [3.63, 3.8) is 0 Å². The Morgan fingerprint density at radius 2 is 1.66 bits per heavy atom. The number of halogens is 1. The highest BCUT2D eigenvalue weighted by molar-refractivity contribution is 6.31. The molecule has 0 bridgehead atoms. The molecule has 0 saturated heterocycles. The van der Waals surface area contributed by atoms with E-state index in [1.807, 2.05) is 84.9 Å². The second-order valence-electron chi connectivity index (χ2n) is 7.07. The number of nitrogens with one attached hydrogen (secondary N) is 1. The van der Waals surface area contributed by atoms with Crippen LogP contribution in [0.5, 0.6) is 5.75 Å². The van der Waals surface area contributed by atoms with Gasteiger partial charge < -0.3 is 10.1 Å². The summed E-state index contributed by atoms with van der Waals surface area (Å²) in [4.78, 5) is 12.8. The smallest absolute Gasteiger partial charge is 0.266 e. The van der Waals surface area contributed by atoms with Crippen LogP contribution >= 0.6 is 11.6 Å². The van der Waals surface area contributed by atoms with Crippen molar-refractivity contribution in [3.8, 4) is 11.8 Å². The molecule has 0 aliphatic rings. The zero-order valence-electron chi connectivity index (χ0n) is 17.1. The summed E-state index contributed by atoms with van der Waals surface area (Å²) >= 11 is 6.26. The summed E-state index contributed by atoms with van der Waals surface area (Å²) in [5.41, 5.74) is 2.11. The van der Waals surface area contributed by atoms with Crippen LogP contribution in [0, 0.1) is 11.3 Å². The summed E-state index contributed by atoms with van der Waals surface area (Å²) in [5.74, 6) is 0.0765. The Labute approximate surface area is 191 Å². The first-order valence-electron chi connectivity index (χ1n) is 10.0. The standard InChI is InChI=1S/C27H19ClN2O2/c28-25-13-7-5-9-20(25)18-32-26-15-14-19-8-4-6-12-23(19)24(26)16-21(17-29)27(31)30-22-10-2-1-3-11-22/h1-16H,18H2,(H,30,31)/b21-16-. The third kappa shape index (κ3) is 4.80. The largest absolute Gasteiger partial charge is 0.488 e.